The number of aliphatic hydroxyl groups is 2. The Labute approximate surface area is 114 Å². The van der Waals surface area contributed by atoms with Gasteiger partial charge in [0.25, 0.3) is 0 Å². The fraction of sp³-hybridized carbons (Fsp3) is 0.364. The molecule has 8 nitrogen and oxygen atoms in total. The lowest BCUT2D eigenvalue weighted by molar-refractivity contribution is 0.185. The summed E-state index contributed by atoms with van der Waals surface area (Å²) < 4.78 is 32.4. The standard InChI is InChI=1S/C11H14N2O6S/c1-13-9-3-2-8(4-10(9)19-11(13)16)20(17,18)12-7(5-14)6-15/h2-4,7,12,14-15H,5-6H2,1H3. The highest BCUT2D eigenvalue weighted by atomic mass is 32.2. The number of fused-ring (bicyclic) bond motifs is 1. The van der Waals surface area contributed by atoms with Crippen molar-refractivity contribution >= 4 is 21.1 Å². The summed E-state index contributed by atoms with van der Waals surface area (Å²) in [6, 6.07) is 2.98. The molecule has 0 amide bonds. The van der Waals surface area contributed by atoms with Gasteiger partial charge in [-0.05, 0) is 12.1 Å². The van der Waals surface area contributed by atoms with Gasteiger partial charge < -0.3 is 14.6 Å². The Morgan fingerprint density at radius 1 is 1.35 bits per heavy atom. The monoisotopic (exact) mass is 302 g/mol. The van der Waals surface area contributed by atoms with Gasteiger partial charge >= 0.3 is 5.76 Å². The molecule has 0 fully saturated rings. The lowest BCUT2D eigenvalue weighted by atomic mass is 10.3. The Kier molecular flexibility index (Phi) is 3.95. The Morgan fingerprint density at radius 3 is 2.60 bits per heavy atom. The van der Waals surface area contributed by atoms with Crippen LogP contribution in [0.5, 0.6) is 0 Å². The first-order valence-electron chi connectivity index (χ1n) is 5.72. The topological polar surface area (TPSA) is 122 Å². The third-order valence-electron chi connectivity index (χ3n) is 2.84. The molecule has 9 heteroatoms. The van der Waals surface area contributed by atoms with Crippen LogP contribution >= 0.6 is 0 Å². The van der Waals surface area contributed by atoms with Crippen LogP contribution in [0.3, 0.4) is 0 Å². The maximum absolute atomic E-state index is 12.0. The SMILES string of the molecule is Cn1c(=O)oc2cc(S(=O)(=O)NC(CO)CO)ccc21. The number of benzene rings is 1. The van der Waals surface area contributed by atoms with Crippen LogP contribution in [-0.2, 0) is 17.1 Å². The molecule has 2 rings (SSSR count). The van der Waals surface area contributed by atoms with Crippen molar-refractivity contribution in [3.05, 3.63) is 28.7 Å². The first-order chi connectivity index (χ1) is 9.39. The second-order valence-corrected chi connectivity index (χ2v) is 5.95. The van der Waals surface area contributed by atoms with Gasteiger partial charge in [0.2, 0.25) is 10.0 Å². The summed E-state index contributed by atoms with van der Waals surface area (Å²) in [6.45, 7) is -1.06. The summed E-state index contributed by atoms with van der Waals surface area (Å²) in [7, 11) is -2.41. The largest absolute Gasteiger partial charge is 0.419 e. The Hall–Kier alpha value is -1.68. The van der Waals surface area contributed by atoms with Crippen LogP contribution in [0.1, 0.15) is 0 Å². The number of rotatable bonds is 5. The minimum absolute atomic E-state index is 0.119. The number of aromatic nitrogens is 1. The van der Waals surface area contributed by atoms with E-state index in [0.29, 0.717) is 5.52 Å². The molecule has 0 spiro atoms. The van der Waals surface area contributed by atoms with Crippen molar-refractivity contribution < 1.29 is 23.0 Å². The van der Waals surface area contributed by atoms with Gasteiger partial charge in [0.05, 0.1) is 29.7 Å². The van der Waals surface area contributed by atoms with Gasteiger partial charge in [0, 0.05) is 13.1 Å². The van der Waals surface area contributed by atoms with Gasteiger partial charge in [0.15, 0.2) is 5.58 Å². The van der Waals surface area contributed by atoms with Crippen LogP contribution in [0.2, 0.25) is 0 Å². The minimum atomic E-state index is -3.92. The van der Waals surface area contributed by atoms with E-state index in [2.05, 4.69) is 4.72 Å². The van der Waals surface area contributed by atoms with E-state index >= 15 is 0 Å². The summed E-state index contributed by atoms with van der Waals surface area (Å²) in [6.07, 6.45) is 0. The summed E-state index contributed by atoms with van der Waals surface area (Å²) in [4.78, 5) is 11.2. The Morgan fingerprint density at radius 2 is 2.00 bits per heavy atom. The van der Waals surface area contributed by atoms with Crippen LogP contribution in [0.25, 0.3) is 11.1 Å². The molecule has 0 aliphatic heterocycles. The van der Waals surface area contributed by atoms with Crippen molar-refractivity contribution in [2.75, 3.05) is 13.2 Å². The summed E-state index contributed by atoms with van der Waals surface area (Å²) in [5.74, 6) is -0.592. The number of hydrogen-bond donors (Lipinski definition) is 3. The number of nitrogens with zero attached hydrogens (tertiary/aromatic N) is 1. The zero-order valence-electron chi connectivity index (χ0n) is 10.6. The maximum atomic E-state index is 12.0. The van der Waals surface area contributed by atoms with Crippen molar-refractivity contribution in [1.82, 2.24) is 9.29 Å². The highest BCUT2D eigenvalue weighted by Gasteiger charge is 2.20. The van der Waals surface area contributed by atoms with Crippen LogP contribution in [0, 0.1) is 0 Å². The molecule has 20 heavy (non-hydrogen) atoms. The van der Waals surface area contributed by atoms with Gasteiger partial charge in [-0.1, -0.05) is 0 Å². The predicted octanol–water partition coefficient (Wildman–Crippen LogP) is -1.24. The predicted molar refractivity (Wildman–Crippen MR) is 69.7 cm³/mol. The normalized spacial score (nSPS) is 12.4. The molecule has 0 unspecified atom stereocenters. The minimum Gasteiger partial charge on any atom is -0.408 e. The number of sulfonamides is 1. The molecule has 1 aromatic heterocycles. The molecule has 0 aliphatic carbocycles. The molecule has 0 bridgehead atoms. The first-order valence-corrected chi connectivity index (χ1v) is 7.21. The average molecular weight is 302 g/mol. The van der Waals surface area contributed by atoms with Gasteiger partial charge in [0.1, 0.15) is 0 Å². The fourth-order valence-corrected chi connectivity index (χ4v) is 2.93. The van der Waals surface area contributed by atoms with E-state index in [-0.39, 0.29) is 10.5 Å². The van der Waals surface area contributed by atoms with Crippen molar-refractivity contribution in [3.8, 4) is 0 Å². The molecular formula is C11H14N2O6S. The molecule has 3 N–H and O–H groups in total. The molecule has 0 radical (unpaired) electrons. The number of aryl methyl sites for hydroxylation is 1. The van der Waals surface area contributed by atoms with E-state index in [1.165, 1.54) is 29.8 Å². The second kappa shape index (κ2) is 5.37. The van der Waals surface area contributed by atoms with Crippen molar-refractivity contribution in [2.24, 2.45) is 7.05 Å². The van der Waals surface area contributed by atoms with E-state index in [0.717, 1.165) is 0 Å². The van der Waals surface area contributed by atoms with Crippen LogP contribution in [-0.4, -0.2) is 42.5 Å². The second-order valence-electron chi connectivity index (χ2n) is 4.24. The van der Waals surface area contributed by atoms with E-state index < -0.39 is 35.0 Å². The quantitative estimate of drug-likeness (QED) is 0.635. The summed E-state index contributed by atoms with van der Waals surface area (Å²) in [5, 5.41) is 17.8. The van der Waals surface area contributed by atoms with E-state index in [4.69, 9.17) is 14.6 Å². The van der Waals surface area contributed by atoms with E-state index in [9.17, 15) is 13.2 Å². The van der Waals surface area contributed by atoms with Gasteiger partial charge in [-0.3, -0.25) is 4.57 Å². The molecule has 0 atom stereocenters. The zero-order chi connectivity index (χ0) is 14.9. The van der Waals surface area contributed by atoms with E-state index in [1.54, 1.807) is 0 Å². The third-order valence-corrected chi connectivity index (χ3v) is 4.35. The fourth-order valence-electron chi connectivity index (χ4n) is 1.70. The smallest absolute Gasteiger partial charge is 0.408 e. The van der Waals surface area contributed by atoms with Crippen LogP contribution in [0.15, 0.2) is 32.3 Å². The highest BCUT2D eigenvalue weighted by molar-refractivity contribution is 7.89. The van der Waals surface area contributed by atoms with E-state index in [1.807, 2.05) is 0 Å². The Balaban J connectivity index is 2.44. The highest BCUT2D eigenvalue weighted by Crippen LogP contribution is 2.18. The summed E-state index contributed by atoms with van der Waals surface area (Å²) in [5.41, 5.74) is 0.611. The van der Waals surface area contributed by atoms with Gasteiger partial charge in [-0.2, -0.15) is 0 Å². The third kappa shape index (κ3) is 2.61. The zero-order valence-corrected chi connectivity index (χ0v) is 11.4. The average Bonchev–Trinajstić information content (AvgIpc) is 2.71. The lowest BCUT2D eigenvalue weighted by Gasteiger charge is -2.13. The molecule has 2 aromatic rings. The number of oxazole rings is 1. The maximum Gasteiger partial charge on any atom is 0.419 e. The van der Waals surface area contributed by atoms with Crippen LogP contribution in [0.4, 0.5) is 0 Å². The summed E-state index contributed by atoms with van der Waals surface area (Å²) >= 11 is 0. The van der Waals surface area contributed by atoms with Gasteiger partial charge in [-0.25, -0.2) is 17.9 Å². The van der Waals surface area contributed by atoms with Gasteiger partial charge in [-0.15, -0.1) is 0 Å². The molecule has 1 aromatic carbocycles. The molecule has 1 heterocycles. The van der Waals surface area contributed by atoms with Crippen molar-refractivity contribution in [3.63, 3.8) is 0 Å². The number of aliphatic hydroxyl groups excluding tert-OH is 2. The molecular weight excluding hydrogens is 288 g/mol. The molecule has 0 saturated heterocycles. The molecule has 0 saturated carbocycles. The Bertz CT molecular complexity index is 772. The van der Waals surface area contributed by atoms with Crippen molar-refractivity contribution in [2.45, 2.75) is 10.9 Å². The van der Waals surface area contributed by atoms with Crippen LogP contribution < -0.4 is 10.5 Å². The number of nitrogens with one attached hydrogen (secondary N) is 1. The lowest BCUT2D eigenvalue weighted by Crippen LogP contribution is -2.39. The first kappa shape index (κ1) is 14.7. The van der Waals surface area contributed by atoms with Crippen molar-refractivity contribution in [1.29, 1.82) is 0 Å². The molecule has 110 valence electrons. The molecule has 0 aliphatic rings. The number of hydrogen-bond acceptors (Lipinski definition) is 6.